The van der Waals surface area contributed by atoms with Crippen molar-refractivity contribution in [1.82, 2.24) is 4.57 Å². The highest BCUT2D eigenvalue weighted by Gasteiger charge is 2.52. The molecule has 0 fully saturated rings. The third-order valence-corrected chi connectivity index (χ3v) is 17.3. The molecule has 7 aromatic carbocycles. The molecule has 4 aliphatic rings. The molecule has 2 aliphatic heterocycles. The monoisotopic (exact) mass is 886 g/mol. The van der Waals surface area contributed by atoms with Crippen molar-refractivity contribution in [2.24, 2.45) is 0 Å². The zero-order valence-corrected chi connectivity index (χ0v) is 41.7. The van der Waals surface area contributed by atoms with Crippen LogP contribution in [0, 0.1) is 0 Å². The Morgan fingerprint density at radius 1 is 0.544 bits per heavy atom. The summed E-state index contributed by atoms with van der Waals surface area (Å²) in [6.45, 7) is 28.4. The normalized spacial score (nSPS) is 17.3. The van der Waals surface area contributed by atoms with Crippen LogP contribution in [0.25, 0.3) is 82.7 Å². The molecule has 14 rings (SSSR count). The van der Waals surface area contributed by atoms with E-state index < -0.39 is 0 Å². The Kier molecular flexibility index (Phi) is 7.52. The fourth-order valence-electron chi connectivity index (χ4n) is 13.5. The van der Waals surface area contributed by atoms with Gasteiger partial charge >= 0.3 is 6.85 Å². The topological polar surface area (TPSA) is 34.5 Å². The van der Waals surface area contributed by atoms with E-state index in [-0.39, 0.29) is 33.9 Å². The van der Waals surface area contributed by atoms with Gasteiger partial charge in [-0.2, -0.15) is 0 Å². The Morgan fingerprint density at radius 3 is 1.94 bits per heavy atom. The van der Waals surface area contributed by atoms with Crippen LogP contribution < -0.4 is 15.9 Å². The van der Waals surface area contributed by atoms with Crippen molar-refractivity contribution >= 4 is 84.1 Å². The first-order valence-electron chi connectivity index (χ1n) is 25.0. The minimum absolute atomic E-state index is 0.00300. The van der Waals surface area contributed by atoms with Gasteiger partial charge in [0.25, 0.3) is 0 Å². The molecule has 336 valence electrons. The Morgan fingerprint density at radius 2 is 1.21 bits per heavy atom. The lowest BCUT2D eigenvalue weighted by atomic mass is 9.45. The van der Waals surface area contributed by atoms with Crippen molar-refractivity contribution in [2.75, 3.05) is 4.81 Å². The van der Waals surface area contributed by atoms with Gasteiger partial charge in [0.15, 0.2) is 0 Å². The zero-order chi connectivity index (χ0) is 46.9. The second kappa shape index (κ2) is 12.6. The second-order valence-corrected chi connectivity index (χ2v) is 24.8. The van der Waals surface area contributed by atoms with Gasteiger partial charge in [-0.25, -0.2) is 0 Å². The molecule has 68 heavy (non-hydrogen) atoms. The van der Waals surface area contributed by atoms with Crippen LogP contribution in [0.5, 0.6) is 0 Å². The van der Waals surface area contributed by atoms with Gasteiger partial charge in [-0.3, -0.25) is 0 Å². The predicted molar refractivity (Wildman–Crippen MR) is 287 cm³/mol. The van der Waals surface area contributed by atoms with E-state index in [1.165, 1.54) is 94.0 Å². The highest BCUT2D eigenvalue weighted by molar-refractivity contribution is 6.93. The van der Waals surface area contributed by atoms with Crippen molar-refractivity contribution in [3.05, 3.63) is 149 Å². The van der Waals surface area contributed by atoms with Crippen LogP contribution in [0.3, 0.4) is 0 Å². The molecular formula is C63H59BN2O2. The maximum Gasteiger partial charge on any atom is 0.375 e. The first kappa shape index (κ1) is 40.6. The fourth-order valence-corrected chi connectivity index (χ4v) is 13.5. The lowest BCUT2D eigenvalue weighted by Crippen LogP contribution is -2.60. The van der Waals surface area contributed by atoms with E-state index in [0.717, 1.165) is 57.4 Å². The standard InChI is InChI=1S/C63H59BN2O2/c1-59(2,3)34-21-24-36(25-22-34)66-47-33-50-39(37-17-14-16-20-48(37)67-50)30-40(47)52-51-38-18-13-15-19-43(38)63(11,12)54(51)53-41-31-44-45(62(9,10)28-27-61(44,7)8)32-46(41)65-56-42-29-35(60(4,5)6)23-26-49(42)68-58(56)64(66)55(52)57(53)65/h13-26,29-33H,27-28H2,1-12H3. The van der Waals surface area contributed by atoms with Crippen molar-refractivity contribution in [1.29, 1.82) is 0 Å². The van der Waals surface area contributed by atoms with Crippen molar-refractivity contribution in [2.45, 2.75) is 123 Å². The average Bonchev–Trinajstić information content (AvgIpc) is 4.02. The summed E-state index contributed by atoms with van der Waals surface area (Å²) in [6, 6.07) is 44.2. The largest absolute Gasteiger partial charge is 0.466 e. The molecule has 5 heteroatoms. The van der Waals surface area contributed by atoms with Crippen LogP contribution in [0.15, 0.2) is 124 Å². The summed E-state index contributed by atoms with van der Waals surface area (Å²) in [4.78, 5) is 2.61. The van der Waals surface area contributed by atoms with Crippen LogP contribution >= 0.6 is 0 Å². The highest BCUT2D eigenvalue weighted by atomic mass is 16.3. The Hall–Kier alpha value is -6.46. The average molecular weight is 887 g/mol. The highest BCUT2D eigenvalue weighted by Crippen LogP contribution is 2.60. The molecule has 0 saturated carbocycles. The van der Waals surface area contributed by atoms with Crippen LogP contribution in [-0.4, -0.2) is 11.4 Å². The number of benzene rings is 7. The number of rotatable bonds is 1. The molecule has 0 atom stereocenters. The van der Waals surface area contributed by atoms with Crippen molar-refractivity contribution in [3.63, 3.8) is 0 Å². The molecule has 0 radical (unpaired) electrons. The van der Waals surface area contributed by atoms with Crippen molar-refractivity contribution < 1.29 is 8.83 Å². The Balaban J connectivity index is 1.25. The molecule has 0 amide bonds. The minimum Gasteiger partial charge on any atom is -0.466 e. The molecule has 0 unspecified atom stereocenters. The number of fused-ring (bicyclic) bond motifs is 19. The van der Waals surface area contributed by atoms with E-state index in [0.29, 0.717) is 0 Å². The van der Waals surface area contributed by atoms with E-state index in [2.05, 4.69) is 208 Å². The number of nitrogens with zero attached hydrogens (tertiary/aromatic N) is 2. The fraction of sp³-hybridized carbons (Fsp3) is 0.302. The summed E-state index contributed by atoms with van der Waals surface area (Å²) in [6.07, 6.45) is 2.31. The number of furan rings is 2. The Bertz CT molecular complexity index is 3910. The number of para-hydroxylation sites is 1. The molecule has 5 heterocycles. The lowest BCUT2D eigenvalue weighted by molar-refractivity contribution is 0.332. The van der Waals surface area contributed by atoms with Gasteiger partial charge in [-0.1, -0.05) is 144 Å². The Labute approximate surface area is 400 Å². The van der Waals surface area contributed by atoms with Crippen LogP contribution in [0.4, 0.5) is 11.4 Å². The summed E-state index contributed by atoms with van der Waals surface area (Å²) >= 11 is 0. The lowest BCUT2D eigenvalue weighted by Gasteiger charge is -2.42. The van der Waals surface area contributed by atoms with Gasteiger partial charge in [0.2, 0.25) is 0 Å². The van der Waals surface area contributed by atoms with Gasteiger partial charge in [0.1, 0.15) is 22.4 Å². The minimum atomic E-state index is -0.289. The van der Waals surface area contributed by atoms with E-state index in [9.17, 15) is 0 Å². The van der Waals surface area contributed by atoms with E-state index in [1.807, 2.05) is 0 Å². The van der Waals surface area contributed by atoms with E-state index in [4.69, 9.17) is 8.83 Å². The number of hydrogen-bond donors (Lipinski definition) is 0. The number of anilines is 2. The number of hydrogen-bond acceptors (Lipinski definition) is 3. The summed E-state index contributed by atoms with van der Waals surface area (Å²) in [7, 11) is 0. The molecule has 0 bridgehead atoms. The zero-order valence-electron chi connectivity index (χ0n) is 41.7. The first-order chi connectivity index (χ1) is 32.2. The molecule has 0 spiro atoms. The van der Waals surface area contributed by atoms with Crippen molar-refractivity contribution in [3.8, 4) is 27.9 Å². The summed E-state index contributed by atoms with van der Waals surface area (Å²) in [5, 5.41) is 6.18. The van der Waals surface area contributed by atoms with Crippen LogP contribution in [0.1, 0.15) is 129 Å². The second-order valence-electron chi connectivity index (χ2n) is 24.8. The molecule has 10 aromatic rings. The van der Waals surface area contributed by atoms with Gasteiger partial charge in [0, 0.05) is 55.4 Å². The summed E-state index contributed by atoms with van der Waals surface area (Å²) in [5.41, 5.74) is 24.4. The molecule has 0 saturated heterocycles. The molecular weight excluding hydrogens is 828 g/mol. The molecule has 2 aliphatic carbocycles. The number of aromatic nitrogens is 1. The molecule has 3 aromatic heterocycles. The third kappa shape index (κ3) is 5.02. The third-order valence-electron chi connectivity index (χ3n) is 17.3. The maximum atomic E-state index is 7.57. The smallest absolute Gasteiger partial charge is 0.375 e. The summed E-state index contributed by atoms with van der Waals surface area (Å²) < 4.78 is 17.1. The summed E-state index contributed by atoms with van der Waals surface area (Å²) in [5.74, 6) is 0. The molecule has 4 nitrogen and oxygen atoms in total. The van der Waals surface area contributed by atoms with Crippen LogP contribution in [0.2, 0.25) is 0 Å². The first-order valence-corrected chi connectivity index (χ1v) is 25.0. The van der Waals surface area contributed by atoms with Gasteiger partial charge in [0.05, 0.1) is 16.7 Å². The van der Waals surface area contributed by atoms with Gasteiger partial charge < -0.3 is 18.2 Å². The predicted octanol–water partition coefficient (Wildman–Crippen LogP) is 15.9. The van der Waals surface area contributed by atoms with Gasteiger partial charge in [-0.05, 0) is 139 Å². The van der Waals surface area contributed by atoms with Crippen LogP contribution in [-0.2, 0) is 27.1 Å². The van der Waals surface area contributed by atoms with E-state index >= 15 is 0 Å². The quantitative estimate of drug-likeness (QED) is 0.154. The van der Waals surface area contributed by atoms with Gasteiger partial charge in [-0.15, -0.1) is 0 Å². The SMILES string of the molecule is CC(C)(C)c1ccc(N2B3c4oc5ccc(C(C)(C)C)cc5c4-n4c5cc6c(cc5c5c7c(c(c3c54)-c3cc4c(cc32)oc2ccccc24)-c2ccccc2C7(C)C)C(C)(C)CCC6(C)C)cc1. The maximum absolute atomic E-state index is 7.57. The molecule has 0 N–H and O–H groups in total. The van der Waals surface area contributed by atoms with E-state index in [1.54, 1.807) is 0 Å².